The molecule has 0 saturated carbocycles. The first-order chi connectivity index (χ1) is 7.65. The Morgan fingerprint density at radius 1 is 1.44 bits per heavy atom. The maximum Gasteiger partial charge on any atom is 0.330 e. The minimum atomic E-state index is -0.468. The molecule has 1 aromatic carbocycles. The second-order valence-corrected chi connectivity index (χ2v) is 3.22. The van der Waals surface area contributed by atoms with Gasteiger partial charge in [-0.2, -0.15) is 0 Å². The molecule has 86 valence electrons. The third-order valence-electron chi connectivity index (χ3n) is 1.89. The van der Waals surface area contributed by atoms with Crippen LogP contribution >= 0.6 is 0 Å². The van der Waals surface area contributed by atoms with Gasteiger partial charge in [0.1, 0.15) is 0 Å². The molecular weight excluding hydrogens is 208 g/mol. The van der Waals surface area contributed by atoms with E-state index in [1.807, 2.05) is 6.92 Å². The molecule has 1 rings (SSSR count). The highest BCUT2D eigenvalue weighted by Gasteiger charge is 2.03. The van der Waals surface area contributed by atoms with Gasteiger partial charge in [-0.15, -0.1) is 0 Å². The van der Waals surface area contributed by atoms with Crippen LogP contribution < -0.4 is 0 Å². The van der Waals surface area contributed by atoms with Crippen LogP contribution in [0.4, 0.5) is 0 Å². The summed E-state index contributed by atoms with van der Waals surface area (Å²) in [6, 6.07) is 4.52. The monoisotopic (exact) mass is 222 g/mol. The first-order valence-electron chi connectivity index (χ1n) is 5.01. The van der Waals surface area contributed by atoms with Crippen molar-refractivity contribution in [3.05, 3.63) is 29.8 Å². The summed E-state index contributed by atoms with van der Waals surface area (Å²) in [6.45, 7) is 2.27. The molecule has 0 radical (unpaired) electrons. The van der Waals surface area contributed by atoms with Crippen molar-refractivity contribution in [2.24, 2.45) is 0 Å². The van der Waals surface area contributed by atoms with Crippen molar-refractivity contribution >= 4 is 12.0 Å². The molecule has 16 heavy (non-hydrogen) atoms. The van der Waals surface area contributed by atoms with E-state index in [2.05, 4.69) is 0 Å². The summed E-state index contributed by atoms with van der Waals surface area (Å²) in [5.74, 6) is -0.935. The number of hydrogen-bond acceptors (Lipinski definition) is 4. The molecule has 2 N–H and O–H groups in total. The largest absolute Gasteiger partial charge is 0.504 e. The Hall–Kier alpha value is -1.97. The molecule has 0 bridgehead atoms. The number of para-hydroxylation sites is 1. The van der Waals surface area contributed by atoms with E-state index >= 15 is 0 Å². The lowest BCUT2D eigenvalue weighted by molar-refractivity contribution is -0.137. The Balaban J connectivity index is 2.69. The molecule has 1 aromatic rings. The predicted octanol–water partition coefficient (Wildman–Crippen LogP) is 2.06. The van der Waals surface area contributed by atoms with Gasteiger partial charge < -0.3 is 14.9 Å². The van der Waals surface area contributed by atoms with Crippen molar-refractivity contribution in [3.63, 3.8) is 0 Å². The van der Waals surface area contributed by atoms with Crippen molar-refractivity contribution in [2.45, 2.75) is 13.3 Å². The van der Waals surface area contributed by atoms with Gasteiger partial charge in [0, 0.05) is 11.6 Å². The van der Waals surface area contributed by atoms with Gasteiger partial charge in [-0.05, 0) is 18.6 Å². The lowest BCUT2D eigenvalue weighted by atomic mass is 10.2. The van der Waals surface area contributed by atoms with Crippen molar-refractivity contribution < 1.29 is 19.7 Å². The van der Waals surface area contributed by atoms with Gasteiger partial charge in [0.05, 0.1) is 6.61 Å². The Morgan fingerprint density at radius 3 is 2.88 bits per heavy atom. The van der Waals surface area contributed by atoms with Gasteiger partial charge in [-0.25, -0.2) is 4.79 Å². The van der Waals surface area contributed by atoms with Crippen LogP contribution in [0.15, 0.2) is 24.3 Å². The third kappa shape index (κ3) is 3.31. The molecular formula is C12H14O4. The molecule has 0 spiro atoms. The van der Waals surface area contributed by atoms with Gasteiger partial charge in [-0.3, -0.25) is 0 Å². The summed E-state index contributed by atoms with van der Waals surface area (Å²) < 4.78 is 4.81. The smallest absolute Gasteiger partial charge is 0.330 e. The quantitative estimate of drug-likeness (QED) is 0.465. The van der Waals surface area contributed by atoms with E-state index in [1.54, 1.807) is 12.1 Å². The van der Waals surface area contributed by atoms with Crippen LogP contribution in [0.5, 0.6) is 11.5 Å². The summed E-state index contributed by atoms with van der Waals surface area (Å²) >= 11 is 0. The number of phenolic OH excluding ortho intramolecular Hbond substituents is 2. The highest BCUT2D eigenvalue weighted by Crippen LogP contribution is 2.28. The highest BCUT2D eigenvalue weighted by atomic mass is 16.5. The molecule has 4 heteroatoms. The van der Waals surface area contributed by atoms with E-state index in [0.29, 0.717) is 12.2 Å². The van der Waals surface area contributed by atoms with E-state index in [-0.39, 0.29) is 11.5 Å². The molecule has 0 saturated heterocycles. The number of carbonyl (C=O) groups excluding carboxylic acids is 1. The fourth-order valence-corrected chi connectivity index (χ4v) is 1.09. The van der Waals surface area contributed by atoms with Gasteiger partial charge >= 0.3 is 5.97 Å². The number of rotatable bonds is 4. The number of benzene rings is 1. The van der Waals surface area contributed by atoms with E-state index in [1.165, 1.54) is 18.2 Å². The molecule has 4 nitrogen and oxygen atoms in total. The average molecular weight is 222 g/mol. The molecule has 0 heterocycles. The summed E-state index contributed by atoms with van der Waals surface area (Å²) in [7, 11) is 0. The average Bonchev–Trinajstić information content (AvgIpc) is 2.28. The summed E-state index contributed by atoms with van der Waals surface area (Å²) in [5, 5.41) is 18.6. The minimum absolute atomic E-state index is 0.218. The van der Waals surface area contributed by atoms with Crippen LogP contribution in [-0.2, 0) is 9.53 Å². The fraction of sp³-hybridized carbons (Fsp3) is 0.250. The molecule has 0 atom stereocenters. The number of hydrogen-bond donors (Lipinski definition) is 2. The maximum atomic E-state index is 11.1. The first kappa shape index (κ1) is 12.1. The number of ether oxygens (including phenoxy) is 1. The number of phenols is 2. The van der Waals surface area contributed by atoms with Crippen LogP contribution in [0.1, 0.15) is 18.9 Å². The number of aromatic hydroxyl groups is 2. The topological polar surface area (TPSA) is 66.8 Å². The molecule has 0 aliphatic rings. The zero-order chi connectivity index (χ0) is 12.0. The lowest BCUT2D eigenvalue weighted by Crippen LogP contribution is -2.00. The molecule has 0 unspecified atom stereocenters. The minimum Gasteiger partial charge on any atom is -0.504 e. The normalized spacial score (nSPS) is 10.6. The molecule has 0 fully saturated rings. The summed E-state index contributed by atoms with van der Waals surface area (Å²) in [5.41, 5.74) is 0.369. The van der Waals surface area contributed by atoms with Crippen LogP contribution in [0, 0.1) is 0 Å². The van der Waals surface area contributed by atoms with Crippen molar-refractivity contribution in [1.29, 1.82) is 0 Å². The Morgan fingerprint density at radius 2 is 2.19 bits per heavy atom. The Labute approximate surface area is 93.8 Å². The zero-order valence-corrected chi connectivity index (χ0v) is 9.01. The van der Waals surface area contributed by atoms with E-state index in [0.717, 1.165) is 6.42 Å². The SMILES string of the molecule is CCCOC(=O)/C=C/c1cccc(O)c1O. The van der Waals surface area contributed by atoms with Crippen molar-refractivity contribution in [3.8, 4) is 11.5 Å². The van der Waals surface area contributed by atoms with Gasteiger partial charge in [0.15, 0.2) is 11.5 Å². The van der Waals surface area contributed by atoms with Crippen molar-refractivity contribution in [1.82, 2.24) is 0 Å². The van der Waals surface area contributed by atoms with E-state index < -0.39 is 5.97 Å². The fourth-order valence-electron chi connectivity index (χ4n) is 1.09. The molecule has 0 amide bonds. The first-order valence-corrected chi connectivity index (χ1v) is 5.01. The van der Waals surface area contributed by atoms with Crippen LogP contribution in [0.2, 0.25) is 0 Å². The van der Waals surface area contributed by atoms with E-state index in [9.17, 15) is 15.0 Å². The van der Waals surface area contributed by atoms with Crippen molar-refractivity contribution in [2.75, 3.05) is 6.61 Å². The lowest BCUT2D eigenvalue weighted by Gasteiger charge is -2.01. The molecule has 0 aliphatic heterocycles. The highest BCUT2D eigenvalue weighted by molar-refractivity contribution is 5.87. The Bertz CT molecular complexity index is 396. The number of carbonyl (C=O) groups is 1. The van der Waals surface area contributed by atoms with E-state index in [4.69, 9.17) is 4.74 Å². The maximum absolute atomic E-state index is 11.1. The standard InChI is InChI=1S/C12H14O4/c1-2-8-16-11(14)7-6-9-4-3-5-10(13)12(9)15/h3-7,13,15H,2,8H2,1H3/b7-6+. The zero-order valence-electron chi connectivity index (χ0n) is 9.01. The number of esters is 1. The predicted molar refractivity (Wildman–Crippen MR) is 60.1 cm³/mol. The Kier molecular flexibility index (Phi) is 4.39. The van der Waals surface area contributed by atoms with Crippen LogP contribution in [-0.4, -0.2) is 22.8 Å². The summed E-state index contributed by atoms with van der Waals surface area (Å²) in [4.78, 5) is 11.1. The van der Waals surface area contributed by atoms with Crippen LogP contribution in [0.25, 0.3) is 6.08 Å². The van der Waals surface area contributed by atoms with Gasteiger partial charge in [0.2, 0.25) is 0 Å². The molecule has 0 aromatic heterocycles. The second kappa shape index (κ2) is 5.80. The van der Waals surface area contributed by atoms with Gasteiger partial charge in [-0.1, -0.05) is 19.1 Å². The summed E-state index contributed by atoms with van der Waals surface area (Å²) in [6.07, 6.45) is 3.37. The molecule has 0 aliphatic carbocycles. The third-order valence-corrected chi connectivity index (χ3v) is 1.89. The van der Waals surface area contributed by atoms with Crippen LogP contribution in [0.3, 0.4) is 0 Å². The second-order valence-electron chi connectivity index (χ2n) is 3.22. The van der Waals surface area contributed by atoms with Gasteiger partial charge in [0.25, 0.3) is 0 Å².